The first-order chi connectivity index (χ1) is 7.06. The lowest BCUT2D eigenvalue weighted by molar-refractivity contribution is 0.0490. The highest BCUT2D eigenvalue weighted by molar-refractivity contribution is 6.22. The maximum absolute atomic E-state index is 11.7. The zero-order valence-electron chi connectivity index (χ0n) is 8.57. The smallest absolute Gasteiger partial charge is 0.263 e. The van der Waals surface area contributed by atoms with E-state index in [1.807, 2.05) is 13.0 Å². The number of aliphatic hydroxyl groups is 1. The third-order valence-corrected chi connectivity index (χ3v) is 2.56. The van der Waals surface area contributed by atoms with Crippen molar-refractivity contribution in [3.63, 3.8) is 0 Å². The molecule has 0 aliphatic carbocycles. The fourth-order valence-corrected chi connectivity index (χ4v) is 1.92. The van der Waals surface area contributed by atoms with Crippen molar-refractivity contribution < 1.29 is 14.7 Å². The van der Waals surface area contributed by atoms with Crippen molar-refractivity contribution in [2.75, 3.05) is 6.73 Å². The molecule has 1 aliphatic heterocycles. The first-order valence-corrected chi connectivity index (χ1v) is 4.64. The molecule has 2 amide bonds. The lowest BCUT2D eigenvalue weighted by Crippen LogP contribution is -2.30. The van der Waals surface area contributed by atoms with E-state index in [4.69, 9.17) is 5.11 Å². The van der Waals surface area contributed by atoms with Crippen LogP contribution in [-0.2, 0) is 0 Å². The van der Waals surface area contributed by atoms with E-state index in [9.17, 15) is 9.59 Å². The van der Waals surface area contributed by atoms with Gasteiger partial charge in [0.25, 0.3) is 11.8 Å². The Hall–Kier alpha value is -1.68. The summed E-state index contributed by atoms with van der Waals surface area (Å²) in [5.41, 5.74) is 2.53. The van der Waals surface area contributed by atoms with E-state index in [2.05, 4.69) is 0 Å². The minimum absolute atomic E-state index is 0.395. The number of benzene rings is 1. The van der Waals surface area contributed by atoms with Crippen molar-refractivity contribution in [1.82, 2.24) is 4.90 Å². The zero-order valence-corrected chi connectivity index (χ0v) is 8.57. The van der Waals surface area contributed by atoms with E-state index in [0.29, 0.717) is 11.1 Å². The van der Waals surface area contributed by atoms with E-state index in [0.717, 1.165) is 16.0 Å². The van der Waals surface area contributed by atoms with E-state index < -0.39 is 18.5 Å². The molecule has 1 aromatic carbocycles. The molecular formula is C11H11NO3. The molecule has 0 saturated carbocycles. The number of rotatable bonds is 1. The summed E-state index contributed by atoms with van der Waals surface area (Å²) >= 11 is 0. The standard InChI is InChI=1S/C11H11NO3/c1-6-3-7(2)9-8(4-6)10(14)12(5-13)11(9)15/h3-4,13H,5H2,1-2H3. The second-order valence-electron chi connectivity index (χ2n) is 3.68. The average molecular weight is 205 g/mol. The Kier molecular flexibility index (Phi) is 2.08. The summed E-state index contributed by atoms with van der Waals surface area (Å²) in [6.07, 6.45) is 0. The van der Waals surface area contributed by atoms with Crippen LogP contribution in [0.4, 0.5) is 0 Å². The largest absolute Gasteiger partial charge is 0.376 e. The maximum atomic E-state index is 11.7. The molecule has 0 spiro atoms. The van der Waals surface area contributed by atoms with Gasteiger partial charge in [0.1, 0.15) is 6.73 Å². The van der Waals surface area contributed by atoms with Gasteiger partial charge in [0.2, 0.25) is 0 Å². The number of carbonyl (C=O) groups is 2. The molecule has 0 bridgehead atoms. The van der Waals surface area contributed by atoms with Crippen LogP contribution in [0, 0.1) is 13.8 Å². The summed E-state index contributed by atoms with van der Waals surface area (Å²) in [6.45, 7) is 3.09. The Balaban J connectivity index is 2.67. The van der Waals surface area contributed by atoms with E-state index >= 15 is 0 Å². The Morgan fingerprint density at radius 3 is 2.47 bits per heavy atom. The van der Waals surface area contributed by atoms with Gasteiger partial charge in [-0.3, -0.25) is 14.5 Å². The molecule has 0 saturated heterocycles. The van der Waals surface area contributed by atoms with Crippen molar-refractivity contribution in [3.8, 4) is 0 Å². The van der Waals surface area contributed by atoms with Gasteiger partial charge in [-0.1, -0.05) is 11.6 Å². The number of imide groups is 1. The maximum Gasteiger partial charge on any atom is 0.263 e. The topological polar surface area (TPSA) is 57.6 Å². The fourth-order valence-electron chi connectivity index (χ4n) is 1.92. The van der Waals surface area contributed by atoms with Crippen LogP contribution in [-0.4, -0.2) is 28.6 Å². The van der Waals surface area contributed by atoms with Crippen LogP contribution in [0.25, 0.3) is 0 Å². The highest BCUT2D eigenvalue weighted by Crippen LogP contribution is 2.26. The van der Waals surface area contributed by atoms with Crippen LogP contribution in [0.5, 0.6) is 0 Å². The number of hydrogen-bond donors (Lipinski definition) is 1. The molecular weight excluding hydrogens is 194 g/mol. The summed E-state index contributed by atoms with van der Waals surface area (Å²) < 4.78 is 0. The molecule has 0 fully saturated rings. The molecule has 0 radical (unpaired) electrons. The third-order valence-electron chi connectivity index (χ3n) is 2.56. The lowest BCUT2D eigenvalue weighted by atomic mass is 10.0. The van der Waals surface area contributed by atoms with Crippen molar-refractivity contribution in [1.29, 1.82) is 0 Å². The van der Waals surface area contributed by atoms with Crippen LogP contribution in [0.2, 0.25) is 0 Å². The summed E-state index contributed by atoms with van der Waals surface area (Å²) in [7, 11) is 0. The molecule has 4 nitrogen and oxygen atoms in total. The van der Waals surface area contributed by atoms with Gasteiger partial charge in [-0.05, 0) is 25.5 Å². The number of nitrogens with zero attached hydrogens (tertiary/aromatic N) is 1. The second-order valence-corrected chi connectivity index (χ2v) is 3.68. The Bertz CT molecular complexity index is 465. The third kappa shape index (κ3) is 1.26. The Morgan fingerprint density at radius 2 is 1.87 bits per heavy atom. The van der Waals surface area contributed by atoms with Crippen LogP contribution in [0.3, 0.4) is 0 Å². The van der Waals surface area contributed by atoms with Crippen LogP contribution < -0.4 is 0 Å². The molecule has 2 rings (SSSR count). The molecule has 1 aliphatic rings. The molecule has 1 N–H and O–H groups in total. The van der Waals surface area contributed by atoms with Gasteiger partial charge >= 0.3 is 0 Å². The minimum atomic E-state index is -0.565. The van der Waals surface area contributed by atoms with Crippen LogP contribution in [0.1, 0.15) is 31.8 Å². The first-order valence-electron chi connectivity index (χ1n) is 4.64. The summed E-state index contributed by atoms with van der Waals surface area (Å²) in [5, 5.41) is 8.92. The van der Waals surface area contributed by atoms with Crippen molar-refractivity contribution in [2.45, 2.75) is 13.8 Å². The highest BCUT2D eigenvalue weighted by Gasteiger charge is 2.36. The normalized spacial score (nSPS) is 14.7. The van der Waals surface area contributed by atoms with Gasteiger partial charge in [-0.25, -0.2) is 0 Å². The van der Waals surface area contributed by atoms with Gasteiger partial charge in [-0.15, -0.1) is 0 Å². The summed E-state index contributed by atoms with van der Waals surface area (Å²) in [5.74, 6) is -0.820. The monoisotopic (exact) mass is 205 g/mol. The predicted octanol–water partition coefficient (Wildman–Crippen LogP) is 0.849. The summed E-state index contributed by atoms with van der Waals surface area (Å²) in [6, 6.07) is 3.53. The quantitative estimate of drug-likeness (QED) is 0.691. The molecule has 4 heteroatoms. The number of amides is 2. The van der Waals surface area contributed by atoms with Gasteiger partial charge in [-0.2, -0.15) is 0 Å². The van der Waals surface area contributed by atoms with E-state index in [1.165, 1.54) is 0 Å². The van der Waals surface area contributed by atoms with E-state index in [1.54, 1.807) is 13.0 Å². The molecule has 15 heavy (non-hydrogen) atoms. The van der Waals surface area contributed by atoms with Crippen molar-refractivity contribution >= 4 is 11.8 Å². The number of carbonyl (C=O) groups excluding carboxylic acids is 2. The van der Waals surface area contributed by atoms with E-state index in [-0.39, 0.29) is 0 Å². The predicted molar refractivity (Wildman–Crippen MR) is 53.5 cm³/mol. The van der Waals surface area contributed by atoms with Crippen molar-refractivity contribution in [3.05, 3.63) is 34.4 Å². The van der Waals surface area contributed by atoms with Gasteiger partial charge in [0.05, 0.1) is 11.1 Å². The molecule has 78 valence electrons. The molecule has 1 aromatic rings. The highest BCUT2D eigenvalue weighted by atomic mass is 16.3. The number of aliphatic hydroxyl groups excluding tert-OH is 1. The first kappa shape index (κ1) is 9.86. The van der Waals surface area contributed by atoms with Gasteiger partial charge < -0.3 is 5.11 Å². The average Bonchev–Trinajstić information content (AvgIpc) is 2.39. The Labute approximate surface area is 87.1 Å². The second kappa shape index (κ2) is 3.17. The SMILES string of the molecule is Cc1cc(C)c2c(c1)C(=O)N(CO)C2=O. The van der Waals surface area contributed by atoms with Crippen molar-refractivity contribution in [2.24, 2.45) is 0 Å². The lowest BCUT2D eigenvalue weighted by Gasteiger charge is -2.07. The minimum Gasteiger partial charge on any atom is -0.376 e. The zero-order chi connectivity index (χ0) is 11.2. The number of fused-ring (bicyclic) bond motifs is 1. The van der Waals surface area contributed by atoms with Gasteiger partial charge in [0, 0.05) is 0 Å². The molecule has 0 aromatic heterocycles. The van der Waals surface area contributed by atoms with Gasteiger partial charge in [0.15, 0.2) is 0 Å². The van der Waals surface area contributed by atoms with Crippen LogP contribution in [0.15, 0.2) is 12.1 Å². The molecule has 1 heterocycles. The molecule has 0 atom stereocenters. The van der Waals surface area contributed by atoms with Crippen LogP contribution >= 0.6 is 0 Å². The Morgan fingerprint density at radius 1 is 1.20 bits per heavy atom. The molecule has 0 unspecified atom stereocenters. The summed E-state index contributed by atoms with van der Waals surface area (Å²) in [4.78, 5) is 24.2. The number of aryl methyl sites for hydroxylation is 2. The fraction of sp³-hybridized carbons (Fsp3) is 0.273. The number of hydrogen-bond acceptors (Lipinski definition) is 3.